The van der Waals surface area contributed by atoms with Gasteiger partial charge in [-0.05, 0) is 53.8 Å². The van der Waals surface area contributed by atoms with E-state index in [0.717, 1.165) is 67.3 Å². The van der Waals surface area contributed by atoms with Gasteiger partial charge in [-0.2, -0.15) is 9.61 Å². The Bertz CT molecular complexity index is 1870. The van der Waals surface area contributed by atoms with Crippen LogP contribution in [0.25, 0.3) is 27.5 Å². The molecule has 42 heavy (non-hydrogen) atoms. The van der Waals surface area contributed by atoms with Gasteiger partial charge in [0.15, 0.2) is 5.65 Å². The molecule has 210 valence electrons. The van der Waals surface area contributed by atoms with Crippen LogP contribution >= 0.6 is 0 Å². The van der Waals surface area contributed by atoms with Gasteiger partial charge < -0.3 is 4.90 Å². The van der Waals surface area contributed by atoms with Crippen LogP contribution in [0.3, 0.4) is 0 Å². The first-order chi connectivity index (χ1) is 20.6. The largest absolute Gasteiger partial charge is 0.354 e. The molecule has 7 rings (SSSR count). The molecule has 2 aromatic heterocycles. The van der Waals surface area contributed by atoms with Crippen LogP contribution in [0.15, 0.2) is 97.1 Å². The standard InChI is InChI=1S/C37H37N5/c1-26-18-19-30-14-10-11-17-32(30)34(26)25-40-20-22-41(23-21-40)37-33(24-29-12-6-4-7-13-29)27(2)38-36-35(28(3)39-42(36)37)31-15-8-5-9-16-31/h4-19H,20-25H2,1-3H3. The third kappa shape index (κ3) is 4.84. The fraction of sp³-hybridized carbons (Fsp3) is 0.243. The van der Waals surface area contributed by atoms with Crippen LogP contribution in [0.2, 0.25) is 0 Å². The molecule has 5 heteroatoms. The predicted octanol–water partition coefficient (Wildman–Crippen LogP) is 7.39. The van der Waals surface area contributed by atoms with Crippen molar-refractivity contribution in [2.75, 3.05) is 31.1 Å². The summed E-state index contributed by atoms with van der Waals surface area (Å²) in [5, 5.41) is 7.83. The van der Waals surface area contributed by atoms with Crippen molar-refractivity contribution in [1.29, 1.82) is 0 Å². The van der Waals surface area contributed by atoms with Crippen molar-refractivity contribution in [3.8, 4) is 11.1 Å². The lowest BCUT2D eigenvalue weighted by atomic mass is 9.99. The minimum Gasteiger partial charge on any atom is -0.354 e. The quantitative estimate of drug-likeness (QED) is 0.216. The molecule has 5 nitrogen and oxygen atoms in total. The monoisotopic (exact) mass is 551 g/mol. The number of piperazine rings is 1. The SMILES string of the molecule is Cc1ccc2ccccc2c1CN1CCN(c2c(Cc3ccccc3)c(C)nc3c(-c4ccccc4)c(C)nn23)CC1. The second kappa shape index (κ2) is 11.1. The number of aryl methyl sites for hydroxylation is 3. The van der Waals surface area contributed by atoms with E-state index >= 15 is 0 Å². The summed E-state index contributed by atoms with van der Waals surface area (Å²) in [5.74, 6) is 1.19. The second-order valence-electron chi connectivity index (χ2n) is 11.6. The number of rotatable bonds is 6. The molecular weight excluding hydrogens is 514 g/mol. The minimum atomic E-state index is 0.833. The Morgan fingerprint density at radius 1 is 0.667 bits per heavy atom. The van der Waals surface area contributed by atoms with Crippen molar-refractivity contribution in [1.82, 2.24) is 19.5 Å². The maximum absolute atomic E-state index is 5.20. The molecule has 0 radical (unpaired) electrons. The average molecular weight is 552 g/mol. The number of aromatic nitrogens is 3. The lowest BCUT2D eigenvalue weighted by Gasteiger charge is -2.37. The van der Waals surface area contributed by atoms with Crippen LogP contribution in [-0.2, 0) is 13.0 Å². The first-order valence-electron chi connectivity index (χ1n) is 15.0. The van der Waals surface area contributed by atoms with Crippen LogP contribution in [0.5, 0.6) is 0 Å². The van der Waals surface area contributed by atoms with Gasteiger partial charge in [0.05, 0.1) is 5.69 Å². The third-order valence-electron chi connectivity index (χ3n) is 8.83. The molecule has 1 aliphatic rings. The molecule has 3 heterocycles. The van der Waals surface area contributed by atoms with E-state index in [9.17, 15) is 0 Å². The summed E-state index contributed by atoms with van der Waals surface area (Å²) >= 11 is 0. The first kappa shape index (κ1) is 26.4. The number of fused-ring (bicyclic) bond motifs is 2. The van der Waals surface area contributed by atoms with E-state index in [4.69, 9.17) is 10.1 Å². The molecule has 0 unspecified atom stereocenters. The molecule has 0 aliphatic carbocycles. The van der Waals surface area contributed by atoms with Crippen molar-refractivity contribution in [3.05, 3.63) is 131 Å². The van der Waals surface area contributed by atoms with E-state index < -0.39 is 0 Å². The van der Waals surface area contributed by atoms with Crippen LogP contribution in [0.4, 0.5) is 5.82 Å². The molecule has 4 aromatic carbocycles. The van der Waals surface area contributed by atoms with E-state index in [2.05, 4.69) is 132 Å². The zero-order valence-electron chi connectivity index (χ0n) is 24.7. The Balaban J connectivity index is 1.25. The number of anilines is 1. The maximum Gasteiger partial charge on any atom is 0.165 e. The highest BCUT2D eigenvalue weighted by molar-refractivity contribution is 5.86. The van der Waals surface area contributed by atoms with E-state index in [1.54, 1.807) is 0 Å². The second-order valence-corrected chi connectivity index (χ2v) is 11.6. The Hall–Kier alpha value is -4.48. The highest BCUT2D eigenvalue weighted by Gasteiger charge is 2.27. The van der Waals surface area contributed by atoms with Crippen molar-refractivity contribution >= 4 is 22.2 Å². The van der Waals surface area contributed by atoms with Crippen molar-refractivity contribution in [2.45, 2.75) is 33.7 Å². The van der Waals surface area contributed by atoms with Gasteiger partial charge in [-0.1, -0.05) is 97.1 Å². The summed E-state index contributed by atoms with van der Waals surface area (Å²) < 4.78 is 2.13. The van der Waals surface area contributed by atoms with Crippen LogP contribution in [0, 0.1) is 20.8 Å². The van der Waals surface area contributed by atoms with Gasteiger partial charge in [-0.25, -0.2) is 4.98 Å². The van der Waals surface area contributed by atoms with E-state index in [-0.39, 0.29) is 0 Å². The number of hydrogen-bond acceptors (Lipinski definition) is 4. The molecule has 0 N–H and O–H groups in total. The molecule has 1 fully saturated rings. The van der Waals surface area contributed by atoms with E-state index in [1.807, 2.05) is 0 Å². The molecule has 0 saturated carbocycles. The summed E-state index contributed by atoms with van der Waals surface area (Å²) in [6.07, 6.45) is 0.833. The zero-order valence-corrected chi connectivity index (χ0v) is 24.7. The molecule has 6 aromatic rings. The van der Waals surface area contributed by atoms with E-state index in [0.29, 0.717) is 0 Å². The lowest BCUT2D eigenvalue weighted by molar-refractivity contribution is 0.249. The zero-order chi connectivity index (χ0) is 28.6. The first-order valence-corrected chi connectivity index (χ1v) is 15.0. The van der Waals surface area contributed by atoms with E-state index in [1.165, 1.54) is 38.8 Å². The average Bonchev–Trinajstić information content (AvgIpc) is 3.35. The summed E-state index contributed by atoms with van der Waals surface area (Å²) in [5.41, 5.74) is 10.7. The molecule has 0 atom stereocenters. The molecule has 1 saturated heterocycles. The van der Waals surface area contributed by atoms with Gasteiger partial charge in [0.2, 0.25) is 0 Å². The van der Waals surface area contributed by atoms with Crippen molar-refractivity contribution in [3.63, 3.8) is 0 Å². The molecular formula is C37H37N5. The Morgan fingerprint density at radius 2 is 1.36 bits per heavy atom. The molecule has 0 spiro atoms. The molecule has 0 amide bonds. The topological polar surface area (TPSA) is 36.7 Å². The molecule has 0 bridgehead atoms. The summed E-state index contributed by atoms with van der Waals surface area (Å²) in [6, 6.07) is 34.6. The highest BCUT2D eigenvalue weighted by atomic mass is 15.4. The van der Waals surface area contributed by atoms with Gasteiger partial charge in [-0.15, -0.1) is 0 Å². The van der Waals surface area contributed by atoms with Gasteiger partial charge in [0.25, 0.3) is 0 Å². The minimum absolute atomic E-state index is 0.833. The van der Waals surface area contributed by atoms with Crippen molar-refractivity contribution in [2.24, 2.45) is 0 Å². The van der Waals surface area contributed by atoms with Gasteiger partial charge in [0, 0.05) is 56.0 Å². The highest BCUT2D eigenvalue weighted by Crippen LogP contribution is 2.34. The fourth-order valence-corrected chi connectivity index (χ4v) is 6.55. The van der Waals surface area contributed by atoms with Gasteiger partial charge in [-0.3, -0.25) is 4.90 Å². The third-order valence-corrected chi connectivity index (χ3v) is 8.83. The summed E-state index contributed by atoms with van der Waals surface area (Å²) in [4.78, 5) is 10.4. The number of hydrogen-bond donors (Lipinski definition) is 0. The van der Waals surface area contributed by atoms with Crippen LogP contribution in [-0.4, -0.2) is 45.7 Å². The smallest absolute Gasteiger partial charge is 0.165 e. The predicted molar refractivity (Wildman–Crippen MR) is 173 cm³/mol. The molecule has 1 aliphatic heterocycles. The Kier molecular flexibility index (Phi) is 6.96. The number of nitrogens with zero attached hydrogens (tertiary/aromatic N) is 5. The normalized spacial score (nSPS) is 14.2. The summed E-state index contributed by atoms with van der Waals surface area (Å²) in [7, 11) is 0. The maximum atomic E-state index is 5.20. The fourth-order valence-electron chi connectivity index (χ4n) is 6.55. The lowest BCUT2D eigenvalue weighted by Crippen LogP contribution is -2.47. The van der Waals surface area contributed by atoms with Crippen molar-refractivity contribution < 1.29 is 0 Å². The number of benzene rings is 4. The van der Waals surface area contributed by atoms with Gasteiger partial charge >= 0.3 is 0 Å². The Morgan fingerprint density at radius 3 is 2.12 bits per heavy atom. The van der Waals surface area contributed by atoms with Gasteiger partial charge in [0.1, 0.15) is 5.82 Å². The summed E-state index contributed by atoms with van der Waals surface area (Å²) in [6.45, 7) is 11.4. The van der Waals surface area contributed by atoms with Crippen LogP contribution < -0.4 is 4.90 Å². The van der Waals surface area contributed by atoms with Crippen LogP contribution in [0.1, 0.15) is 33.6 Å². The Labute approximate surface area is 248 Å².